The number of halogens is 1. The van der Waals surface area contributed by atoms with Gasteiger partial charge < -0.3 is 18.9 Å². The van der Waals surface area contributed by atoms with Gasteiger partial charge in [-0.25, -0.2) is 14.1 Å². The van der Waals surface area contributed by atoms with Gasteiger partial charge in [0.2, 0.25) is 0 Å². The Labute approximate surface area is 292 Å². The number of aromatic nitrogens is 3. The van der Waals surface area contributed by atoms with Gasteiger partial charge >= 0.3 is 7.12 Å². The Bertz CT molecular complexity index is 2020. The molecular formula is C41H40BFN4O3. The van der Waals surface area contributed by atoms with E-state index in [0.29, 0.717) is 29.9 Å². The summed E-state index contributed by atoms with van der Waals surface area (Å²) in [7, 11) is -0.885. The topological polar surface area (TPSA) is 61.6 Å². The van der Waals surface area contributed by atoms with E-state index < -0.39 is 29.7 Å². The molecule has 0 saturated carbocycles. The molecule has 8 rings (SSSR count). The Morgan fingerprint density at radius 1 is 0.720 bits per heavy atom. The normalized spacial score (nSPS) is 17.4. The van der Waals surface area contributed by atoms with Crippen LogP contribution >= 0.6 is 0 Å². The highest BCUT2D eigenvalue weighted by atomic mass is 19.1. The highest BCUT2D eigenvalue weighted by molar-refractivity contribution is 6.62. The smallest absolute Gasteiger partial charge is 0.399 e. The van der Waals surface area contributed by atoms with E-state index >= 15 is 4.39 Å². The highest BCUT2D eigenvalue weighted by Crippen LogP contribution is 2.44. The fraction of sp³-hybridized carbons (Fsp3) is 0.268. The first kappa shape index (κ1) is 32.4. The number of pyridine rings is 1. The van der Waals surface area contributed by atoms with E-state index in [1.165, 1.54) is 0 Å². The number of ether oxygens (including phenoxy) is 1. The molecule has 252 valence electrons. The molecule has 0 radical (unpaired) electrons. The van der Waals surface area contributed by atoms with Gasteiger partial charge in [0.05, 0.1) is 29.9 Å². The molecule has 0 N–H and O–H groups in total. The van der Waals surface area contributed by atoms with Crippen molar-refractivity contribution in [3.63, 3.8) is 0 Å². The molecule has 0 spiro atoms. The predicted molar refractivity (Wildman–Crippen MR) is 196 cm³/mol. The lowest BCUT2D eigenvalue weighted by atomic mass is 9.76. The fourth-order valence-electron chi connectivity index (χ4n) is 7.21. The summed E-state index contributed by atoms with van der Waals surface area (Å²) in [5.74, 6) is 0.428. The van der Waals surface area contributed by atoms with Crippen molar-refractivity contribution in [1.82, 2.24) is 14.8 Å². The molecule has 7 nitrogen and oxygen atoms in total. The third-order valence-electron chi connectivity index (χ3n) is 10.6. The van der Waals surface area contributed by atoms with Crippen molar-refractivity contribution in [1.29, 1.82) is 0 Å². The minimum absolute atomic E-state index is 0.337. The van der Waals surface area contributed by atoms with Gasteiger partial charge in [0.25, 0.3) is 0 Å². The lowest BCUT2D eigenvalue weighted by Gasteiger charge is -2.37. The molecular weight excluding hydrogens is 626 g/mol. The lowest BCUT2D eigenvalue weighted by Crippen LogP contribution is -2.41. The number of morpholine rings is 1. The maximum atomic E-state index is 16.7. The van der Waals surface area contributed by atoms with E-state index in [2.05, 4.69) is 47.4 Å². The van der Waals surface area contributed by atoms with Crippen LogP contribution in [-0.2, 0) is 19.6 Å². The molecule has 4 heterocycles. The van der Waals surface area contributed by atoms with E-state index in [-0.39, 0.29) is 0 Å². The van der Waals surface area contributed by atoms with Crippen molar-refractivity contribution in [2.75, 3.05) is 31.2 Å². The zero-order valence-electron chi connectivity index (χ0n) is 28.8. The Hall–Kier alpha value is -4.83. The third kappa shape index (κ3) is 5.32. The van der Waals surface area contributed by atoms with E-state index in [9.17, 15) is 0 Å². The summed E-state index contributed by atoms with van der Waals surface area (Å²) < 4.78 is 37.1. The first-order chi connectivity index (χ1) is 24.2. The first-order valence-corrected chi connectivity index (χ1v) is 17.2. The third-order valence-corrected chi connectivity index (χ3v) is 10.6. The largest absolute Gasteiger partial charge is 0.497 e. The van der Waals surface area contributed by atoms with Gasteiger partial charge in [0.1, 0.15) is 22.9 Å². The minimum atomic E-state index is -0.960. The Morgan fingerprint density at radius 2 is 1.26 bits per heavy atom. The molecule has 0 unspecified atom stereocenters. The molecule has 0 aliphatic carbocycles. The van der Waals surface area contributed by atoms with Crippen molar-refractivity contribution in [2.24, 2.45) is 0 Å². The number of anilines is 1. The minimum Gasteiger partial charge on any atom is -0.399 e. The van der Waals surface area contributed by atoms with Crippen LogP contribution in [0.25, 0.3) is 22.2 Å². The number of fused-ring (bicyclic) bond motifs is 1. The van der Waals surface area contributed by atoms with Gasteiger partial charge in [-0.3, -0.25) is 0 Å². The van der Waals surface area contributed by atoms with Gasteiger partial charge in [-0.05, 0) is 68.7 Å². The number of benzene rings is 4. The summed E-state index contributed by atoms with van der Waals surface area (Å²) in [6.45, 7) is 10.7. The maximum absolute atomic E-state index is 16.7. The van der Waals surface area contributed by atoms with Crippen LogP contribution in [0.5, 0.6) is 0 Å². The SMILES string of the molecule is CC1(C)OB(c2cc3c(-c4ccnc(N5CCOCC5)c4)nn(C(c4ccccc4)(c4ccccc4)c4ccccc4)c3cc2F)OC1(C)C. The number of nitrogens with zero attached hydrogens (tertiary/aromatic N) is 4. The molecule has 6 aromatic rings. The quantitative estimate of drug-likeness (QED) is 0.133. The summed E-state index contributed by atoms with van der Waals surface area (Å²) in [5, 5.41) is 6.29. The standard InChI is InChI=1S/C41H40BFN4O3/c1-39(2)40(3,4)50-42(49-39)34-27-33-36(28-35(34)43)47(45-38(33)29-20-21-44-37(26-29)46-22-24-48-25-23-46)41(30-14-8-5-9-15-30,31-16-10-6-11-17-31)32-18-12-7-13-19-32/h5-21,26-28H,22-25H2,1-4H3. The van der Waals surface area contributed by atoms with Gasteiger partial charge in [-0.1, -0.05) is 91.0 Å². The Balaban J connectivity index is 1.44. The van der Waals surface area contributed by atoms with E-state index in [4.69, 9.17) is 24.1 Å². The molecule has 2 saturated heterocycles. The van der Waals surface area contributed by atoms with Crippen molar-refractivity contribution in [3.05, 3.63) is 144 Å². The second kappa shape index (κ2) is 12.5. The summed E-state index contributed by atoms with van der Waals surface area (Å²) in [6, 6.07) is 38.5. The number of hydrogen-bond donors (Lipinski definition) is 0. The van der Waals surface area contributed by atoms with Crippen LogP contribution in [0.4, 0.5) is 10.2 Å². The van der Waals surface area contributed by atoms with Crippen LogP contribution in [0.1, 0.15) is 44.4 Å². The average molecular weight is 667 g/mol. The second-order valence-corrected chi connectivity index (χ2v) is 14.1. The van der Waals surface area contributed by atoms with Crippen LogP contribution in [-0.4, -0.2) is 59.4 Å². The summed E-state index contributed by atoms with van der Waals surface area (Å²) >= 11 is 0. The lowest BCUT2D eigenvalue weighted by molar-refractivity contribution is 0.00578. The monoisotopic (exact) mass is 666 g/mol. The molecule has 0 bridgehead atoms. The zero-order valence-corrected chi connectivity index (χ0v) is 28.8. The first-order valence-electron chi connectivity index (χ1n) is 17.2. The molecule has 9 heteroatoms. The van der Waals surface area contributed by atoms with Gasteiger partial charge in [-0.15, -0.1) is 0 Å². The molecule has 0 amide bonds. The number of rotatable bonds is 7. The van der Waals surface area contributed by atoms with Gasteiger partial charge in [0.15, 0.2) is 0 Å². The maximum Gasteiger partial charge on any atom is 0.497 e. The van der Waals surface area contributed by atoms with Crippen molar-refractivity contribution < 1.29 is 18.4 Å². The zero-order chi connectivity index (χ0) is 34.5. The molecule has 2 aliphatic rings. The fourth-order valence-corrected chi connectivity index (χ4v) is 7.21. The Morgan fingerprint density at radius 3 is 1.80 bits per heavy atom. The van der Waals surface area contributed by atoms with E-state index in [0.717, 1.165) is 46.5 Å². The average Bonchev–Trinajstić information content (AvgIpc) is 3.61. The van der Waals surface area contributed by atoms with Crippen molar-refractivity contribution in [2.45, 2.75) is 44.4 Å². The van der Waals surface area contributed by atoms with Crippen LogP contribution in [0.3, 0.4) is 0 Å². The number of hydrogen-bond acceptors (Lipinski definition) is 6. The second-order valence-electron chi connectivity index (χ2n) is 14.1. The van der Waals surface area contributed by atoms with E-state index in [1.54, 1.807) is 6.07 Å². The van der Waals surface area contributed by atoms with Crippen molar-refractivity contribution >= 4 is 29.3 Å². The van der Waals surface area contributed by atoms with Crippen LogP contribution < -0.4 is 10.4 Å². The molecule has 2 aliphatic heterocycles. The van der Waals surface area contributed by atoms with Crippen molar-refractivity contribution in [3.8, 4) is 11.3 Å². The highest BCUT2D eigenvalue weighted by Gasteiger charge is 2.53. The molecule has 4 aromatic carbocycles. The van der Waals surface area contributed by atoms with E-state index in [1.807, 2.05) is 105 Å². The van der Waals surface area contributed by atoms with Gasteiger partial charge in [0, 0.05) is 35.7 Å². The molecule has 2 fully saturated rings. The van der Waals surface area contributed by atoms with Crippen LogP contribution in [0, 0.1) is 5.82 Å². The summed E-state index contributed by atoms with van der Waals surface area (Å²) in [4.78, 5) is 6.96. The molecule has 0 atom stereocenters. The van der Waals surface area contributed by atoms with Crippen LogP contribution in [0.15, 0.2) is 121 Å². The Kier molecular flexibility index (Phi) is 8.09. The van der Waals surface area contributed by atoms with Crippen LogP contribution in [0.2, 0.25) is 0 Å². The summed E-state index contributed by atoms with van der Waals surface area (Å²) in [5.41, 5.74) is 3.32. The van der Waals surface area contributed by atoms with Gasteiger partial charge in [-0.2, -0.15) is 5.10 Å². The molecule has 50 heavy (non-hydrogen) atoms. The summed E-state index contributed by atoms with van der Waals surface area (Å²) in [6.07, 6.45) is 1.82. The molecule has 2 aromatic heterocycles. The predicted octanol–water partition coefficient (Wildman–Crippen LogP) is 7.21.